The molecule has 104 valence electrons. The molecule has 0 saturated carbocycles. The number of aryl methyl sites for hydroxylation is 1. The first-order chi connectivity index (χ1) is 9.54. The Kier molecular flexibility index (Phi) is 5.17. The highest BCUT2D eigenvalue weighted by Gasteiger charge is 2.01. The molecule has 0 aliphatic carbocycles. The summed E-state index contributed by atoms with van der Waals surface area (Å²) in [5.74, 6) is -0.193. The Balaban J connectivity index is 1.92. The van der Waals surface area contributed by atoms with Crippen LogP contribution in [0.1, 0.15) is 16.3 Å². The quantitative estimate of drug-likeness (QED) is 0.860. The van der Waals surface area contributed by atoms with Crippen molar-refractivity contribution in [2.24, 2.45) is 0 Å². The molecule has 1 aromatic carbocycles. The number of hydrogen-bond acceptors (Lipinski definition) is 3. The number of rotatable bonds is 4. The van der Waals surface area contributed by atoms with Crippen LogP contribution in [0.5, 0.6) is 0 Å². The van der Waals surface area contributed by atoms with Gasteiger partial charge in [0.15, 0.2) is 0 Å². The molecule has 2 aromatic rings. The van der Waals surface area contributed by atoms with Crippen molar-refractivity contribution in [1.82, 2.24) is 10.3 Å². The first-order valence-electron chi connectivity index (χ1n) is 5.86. The van der Waals surface area contributed by atoms with Gasteiger partial charge in [0.2, 0.25) is 5.91 Å². The third kappa shape index (κ3) is 4.34. The minimum atomic E-state index is -0.193. The number of amides is 1. The fourth-order valence-electron chi connectivity index (χ4n) is 1.53. The van der Waals surface area contributed by atoms with Crippen LogP contribution < -0.4 is 5.32 Å². The second kappa shape index (κ2) is 6.88. The summed E-state index contributed by atoms with van der Waals surface area (Å²) >= 11 is 13.4. The summed E-state index contributed by atoms with van der Waals surface area (Å²) in [6.45, 7) is 2.35. The molecule has 0 atom stereocenters. The van der Waals surface area contributed by atoms with Gasteiger partial charge in [0, 0.05) is 21.5 Å². The van der Waals surface area contributed by atoms with Crippen LogP contribution in [0, 0.1) is 6.92 Å². The summed E-state index contributed by atoms with van der Waals surface area (Å²) in [6.07, 6.45) is 3.09. The molecule has 3 nitrogen and oxygen atoms in total. The zero-order chi connectivity index (χ0) is 14.5. The molecule has 20 heavy (non-hydrogen) atoms. The highest BCUT2D eigenvalue weighted by molar-refractivity contribution is 7.09. The van der Waals surface area contributed by atoms with E-state index >= 15 is 0 Å². The minimum Gasteiger partial charge on any atom is -0.347 e. The molecule has 2 rings (SSSR count). The molecule has 1 heterocycles. The van der Waals surface area contributed by atoms with Gasteiger partial charge >= 0.3 is 0 Å². The van der Waals surface area contributed by atoms with Gasteiger partial charge in [-0.3, -0.25) is 4.79 Å². The Bertz CT molecular complexity index is 652. The highest BCUT2D eigenvalue weighted by atomic mass is 35.5. The van der Waals surface area contributed by atoms with Gasteiger partial charge in [-0.05, 0) is 30.7 Å². The van der Waals surface area contributed by atoms with Crippen molar-refractivity contribution in [1.29, 1.82) is 0 Å². The first kappa shape index (κ1) is 15.0. The lowest BCUT2D eigenvalue weighted by atomic mass is 10.2. The smallest absolute Gasteiger partial charge is 0.244 e. The Morgan fingerprint density at radius 3 is 2.90 bits per heavy atom. The van der Waals surface area contributed by atoms with Gasteiger partial charge in [0.05, 0.1) is 17.2 Å². The Morgan fingerprint density at radius 1 is 1.45 bits per heavy atom. The number of hydrogen-bond donors (Lipinski definition) is 1. The van der Waals surface area contributed by atoms with Gasteiger partial charge in [-0.25, -0.2) is 4.98 Å². The van der Waals surface area contributed by atoms with E-state index in [4.69, 9.17) is 23.2 Å². The summed E-state index contributed by atoms with van der Waals surface area (Å²) in [5.41, 5.74) is 1.61. The van der Waals surface area contributed by atoms with Crippen LogP contribution in [-0.4, -0.2) is 10.9 Å². The van der Waals surface area contributed by atoms with E-state index in [2.05, 4.69) is 10.3 Å². The SMILES string of the molecule is Cc1nc(CNC(=O)/C=C/c2ccc(Cl)cc2Cl)cs1. The Labute approximate surface area is 131 Å². The summed E-state index contributed by atoms with van der Waals surface area (Å²) in [4.78, 5) is 16.0. The maximum atomic E-state index is 11.7. The van der Waals surface area contributed by atoms with Gasteiger partial charge in [0.25, 0.3) is 0 Å². The largest absolute Gasteiger partial charge is 0.347 e. The molecular weight excluding hydrogens is 315 g/mol. The van der Waals surface area contributed by atoms with Gasteiger partial charge < -0.3 is 5.32 Å². The number of carbonyl (C=O) groups excluding carboxylic acids is 1. The second-order valence-electron chi connectivity index (χ2n) is 4.07. The standard InChI is InChI=1S/C14H12Cl2N2OS/c1-9-18-12(8-20-9)7-17-14(19)5-3-10-2-4-11(15)6-13(10)16/h2-6,8H,7H2,1H3,(H,17,19)/b5-3+. The Hall–Kier alpha value is -1.36. The normalized spacial score (nSPS) is 10.9. The van der Waals surface area contributed by atoms with Crippen LogP contribution in [0.25, 0.3) is 6.08 Å². The molecule has 0 unspecified atom stereocenters. The molecule has 1 aromatic heterocycles. The maximum absolute atomic E-state index is 11.7. The van der Waals surface area contributed by atoms with Crippen LogP contribution in [0.4, 0.5) is 0 Å². The monoisotopic (exact) mass is 326 g/mol. The number of carbonyl (C=O) groups is 1. The van der Waals surface area contributed by atoms with Crippen molar-refractivity contribution in [3.63, 3.8) is 0 Å². The third-order valence-electron chi connectivity index (χ3n) is 2.49. The summed E-state index contributed by atoms with van der Waals surface area (Å²) in [6, 6.07) is 5.13. The lowest BCUT2D eigenvalue weighted by Crippen LogP contribution is -2.20. The van der Waals surface area contributed by atoms with Crippen LogP contribution >= 0.6 is 34.5 Å². The van der Waals surface area contributed by atoms with E-state index in [1.807, 2.05) is 12.3 Å². The topological polar surface area (TPSA) is 42.0 Å². The van der Waals surface area contributed by atoms with Crippen molar-refractivity contribution in [3.8, 4) is 0 Å². The van der Waals surface area contributed by atoms with Crippen LogP contribution in [0.2, 0.25) is 10.0 Å². The predicted molar refractivity (Wildman–Crippen MR) is 84.2 cm³/mol. The Morgan fingerprint density at radius 2 is 2.25 bits per heavy atom. The minimum absolute atomic E-state index is 0.193. The van der Waals surface area contributed by atoms with Crippen molar-refractivity contribution < 1.29 is 4.79 Å². The highest BCUT2D eigenvalue weighted by Crippen LogP contribution is 2.21. The predicted octanol–water partition coefficient (Wildman–Crippen LogP) is 4.09. The molecular formula is C14H12Cl2N2OS. The molecule has 1 N–H and O–H groups in total. The van der Waals surface area contributed by atoms with Gasteiger partial charge in [0.1, 0.15) is 0 Å². The number of thiazole rings is 1. The van der Waals surface area contributed by atoms with E-state index in [1.54, 1.807) is 35.6 Å². The molecule has 1 amide bonds. The van der Waals surface area contributed by atoms with Crippen LogP contribution in [-0.2, 0) is 11.3 Å². The third-order valence-corrected chi connectivity index (χ3v) is 3.87. The van der Waals surface area contributed by atoms with E-state index in [0.717, 1.165) is 16.3 Å². The number of aromatic nitrogens is 1. The zero-order valence-electron chi connectivity index (χ0n) is 10.7. The molecule has 0 spiro atoms. The molecule has 0 aliphatic rings. The van der Waals surface area contributed by atoms with E-state index in [0.29, 0.717) is 16.6 Å². The summed E-state index contributed by atoms with van der Waals surface area (Å²) < 4.78 is 0. The van der Waals surface area contributed by atoms with Crippen molar-refractivity contribution in [2.75, 3.05) is 0 Å². The fourth-order valence-corrected chi connectivity index (χ4v) is 2.61. The fraction of sp³-hybridized carbons (Fsp3) is 0.143. The van der Waals surface area contributed by atoms with E-state index in [9.17, 15) is 4.79 Å². The number of nitrogens with zero attached hydrogens (tertiary/aromatic N) is 1. The number of benzene rings is 1. The molecule has 0 aliphatic heterocycles. The average molecular weight is 327 g/mol. The number of halogens is 2. The molecule has 6 heteroatoms. The van der Waals surface area contributed by atoms with Gasteiger partial charge in [-0.2, -0.15) is 0 Å². The molecule has 0 saturated heterocycles. The van der Waals surface area contributed by atoms with Crippen LogP contribution in [0.15, 0.2) is 29.7 Å². The summed E-state index contributed by atoms with van der Waals surface area (Å²) in [5, 5.41) is 6.75. The average Bonchev–Trinajstić information content (AvgIpc) is 2.81. The van der Waals surface area contributed by atoms with Gasteiger partial charge in [-0.15, -0.1) is 11.3 Å². The van der Waals surface area contributed by atoms with E-state index < -0.39 is 0 Å². The van der Waals surface area contributed by atoms with E-state index in [1.165, 1.54) is 6.08 Å². The summed E-state index contributed by atoms with van der Waals surface area (Å²) in [7, 11) is 0. The van der Waals surface area contributed by atoms with Gasteiger partial charge in [-0.1, -0.05) is 29.3 Å². The molecule has 0 radical (unpaired) electrons. The van der Waals surface area contributed by atoms with Crippen molar-refractivity contribution in [3.05, 3.63) is 56.0 Å². The first-order valence-corrected chi connectivity index (χ1v) is 7.50. The second-order valence-corrected chi connectivity index (χ2v) is 5.98. The lowest BCUT2D eigenvalue weighted by Gasteiger charge is -2.00. The maximum Gasteiger partial charge on any atom is 0.244 e. The van der Waals surface area contributed by atoms with Crippen molar-refractivity contribution >= 4 is 46.5 Å². The van der Waals surface area contributed by atoms with Crippen molar-refractivity contribution in [2.45, 2.75) is 13.5 Å². The zero-order valence-corrected chi connectivity index (χ0v) is 13.0. The van der Waals surface area contributed by atoms with Crippen LogP contribution in [0.3, 0.4) is 0 Å². The lowest BCUT2D eigenvalue weighted by molar-refractivity contribution is -0.116. The number of nitrogens with one attached hydrogen (secondary N) is 1. The van der Waals surface area contributed by atoms with E-state index in [-0.39, 0.29) is 5.91 Å². The molecule has 0 fully saturated rings. The molecule has 0 bridgehead atoms.